The monoisotopic (exact) mass is 329 g/mol. The van der Waals surface area contributed by atoms with E-state index in [9.17, 15) is 14.0 Å². The lowest BCUT2D eigenvalue weighted by atomic mass is 10.1. The van der Waals surface area contributed by atoms with Crippen molar-refractivity contribution in [2.45, 2.75) is 26.4 Å². The van der Waals surface area contributed by atoms with Crippen LogP contribution in [0.4, 0.5) is 10.1 Å². The number of amides is 1. The molecular weight excluding hydrogens is 307 g/mol. The molecule has 0 aliphatic carbocycles. The van der Waals surface area contributed by atoms with Crippen molar-refractivity contribution < 1.29 is 18.9 Å². The topological polar surface area (TPSA) is 50.6 Å². The third-order valence-corrected chi connectivity index (χ3v) is 4.09. The lowest BCUT2D eigenvalue weighted by molar-refractivity contribution is -0.907. The highest BCUT2D eigenvalue weighted by Gasteiger charge is 2.22. The molecule has 1 amide bonds. The van der Waals surface area contributed by atoms with E-state index in [0.717, 1.165) is 10.5 Å². The molecule has 0 aliphatic rings. The average molecular weight is 329 g/mol. The lowest BCUT2D eigenvalue weighted by Gasteiger charge is -2.21. The van der Waals surface area contributed by atoms with E-state index in [1.807, 2.05) is 14.0 Å². The van der Waals surface area contributed by atoms with Gasteiger partial charge in [-0.3, -0.25) is 9.59 Å². The highest BCUT2D eigenvalue weighted by molar-refractivity contribution is 5.96. The van der Waals surface area contributed by atoms with Gasteiger partial charge in [-0.15, -0.1) is 0 Å². The van der Waals surface area contributed by atoms with E-state index in [0.29, 0.717) is 17.8 Å². The number of anilines is 1. The third kappa shape index (κ3) is 4.73. The Morgan fingerprint density at radius 3 is 2.21 bits per heavy atom. The number of carbonyl (C=O) groups is 2. The Morgan fingerprint density at radius 2 is 1.67 bits per heavy atom. The van der Waals surface area contributed by atoms with E-state index in [1.54, 1.807) is 36.4 Å². The summed E-state index contributed by atoms with van der Waals surface area (Å²) in [6, 6.07) is 12.8. The number of benzene rings is 2. The second-order valence-corrected chi connectivity index (χ2v) is 5.99. The van der Waals surface area contributed by atoms with Crippen LogP contribution in [0.1, 0.15) is 29.8 Å². The van der Waals surface area contributed by atoms with Gasteiger partial charge >= 0.3 is 0 Å². The first-order valence-corrected chi connectivity index (χ1v) is 7.85. The molecule has 0 aromatic heterocycles. The van der Waals surface area contributed by atoms with Gasteiger partial charge in [0.1, 0.15) is 12.4 Å². The van der Waals surface area contributed by atoms with Crippen molar-refractivity contribution in [2.24, 2.45) is 0 Å². The van der Waals surface area contributed by atoms with Crippen LogP contribution in [0.15, 0.2) is 48.5 Å². The predicted octanol–water partition coefficient (Wildman–Crippen LogP) is 2.07. The van der Waals surface area contributed by atoms with Crippen LogP contribution >= 0.6 is 0 Å². The van der Waals surface area contributed by atoms with Crippen LogP contribution in [0.2, 0.25) is 0 Å². The van der Waals surface area contributed by atoms with Crippen LogP contribution in [-0.4, -0.2) is 24.8 Å². The average Bonchev–Trinajstić information content (AvgIpc) is 2.56. The molecule has 4 nitrogen and oxygen atoms in total. The molecule has 2 aromatic carbocycles. The summed E-state index contributed by atoms with van der Waals surface area (Å²) in [4.78, 5) is 24.6. The maximum absolute atomic E-state index is 12.9. The van der Waals surface area contributed by atoms with Crippen molar-refractivity contribution in [1.29, 1.82) is 0 Å². The molecule has 24 heavy (non-hydrogen) atoms. The number of likely N-dealkylation sites (N-methyl/N-ethyl adjacent to an activating group) is 1. The largest absolute Gasteiger partial charge is 0.324 e. The van der Waals surface area contributed by atoms with Crippen molar-refractivity contribution in [3.8, 4) is 0 Å². The number of rotatable bonds is 6. The Kier molecular flexibility index (Phi) is 5.82. The summed E-state index contributed by atoms with van der Waals surface area (Å²) in [7, 11) is 1.92. The standard InChI is InChI=1S/C19H21FN2O2/c1-13(22(3)12-15-4-8-17(20)9-5-15)19(24)21-18-10-6-16(7-11-18)14(2)23/h4-11,13H,12H2,1-3H3,(H,21,24)/p+1/t13-/m1/s1. The van der Waals surface area contributed by atoms with Crippen LogP contribution < -0.4 is 10.2 Å². The van der Waals surface area contributed by atoms with E-state index >= 15 is 0 Å². The molecule has 2 atom stereocenters. The van der Waals surface area contributed by atoms with Gasteiger partial charge in [0, 0.05) is 16.8 Å². The number of nitrogens with one attached hydrogen (secondary N) is 2. The van der Waals surface area contributed by atoms with Crippen LogP contribution in [0.3, 0.4) is 0 Å². The molecule has 0 aliphatic heterocycles. The molecule has 2 N–H and O–H groups in total. The van der Waals surface area contributed by atoms with Gasteiger partial charge in [-0.2, -0.15) is 0 Å². The van der Waals surface area contributed by atoms with Crippen molar-refractivity contribution in [3.05, 3.63) is 65.5 Å². The Morgan fingerprint density at radius 1 is 1.08 bits per heavy atom. The maximum Gasteiger partial charge on any atom is 0.282 e. The zero-order valence-corrected chi connectivity index (χ0v) is 14.1. The van der Waals surface area contributed by atoms with Gasteiger partial charge in [0.05, 0.1) is 7.05 Å². The summed E-state index contributed by atoms with van der Waals surface area (Å²) in [5.74, 6) is -0.383. The third-order valence-electron chi connectivity index (χ3n) is 4.09. The molecule has 0 heterocycles. The maximum atomic E-state index is 12.9. The van der Waals surface area contributed by atoms with Gasteiger partial charge in [0.15, 0.2) is 11.8 Å². The summed E-state index contributed by atoms with van der Waals surface area (Å²) in [5.41, 5.74) is 2.24. The fourth-order valence-corrected chi connectivity index (χ4v) is 2.34. The van der Waals surface area contributed by atoms with E-state index in [-0.39, 0.29) is 23.5 Å². The fourth-order valence-electron chi connectivity index (χ4n) is 2.34. The smallest absolute Gasteiger partial charge is 0.282 e. The highest BCUT2D eigenvalue weighted by Crippen LogP contribution is 2.10. The molecule has 2 rings (SSSR count). The van der Waals surface area contributed by atoms with E-state index in [4.69, 9.17) is 0 Å². The molecule has 0 fully saturated rings. The van der Waals surface area contributed by atoms with Crippen LogP contribution in [-0.2, 0) is 11.3 Å². The number of carbonyl (C=O) groups excluding carboxylic acids is 2. The molecule has 0 spiro atoms. The fraction of sp³-hybridized carbons (Fsp3) is 0.263. The molecule has 126 valence electrons. The normalized spacial score (nSPS) is 13.2. The van der Waals surface area contributed by atoms with E-state index < -0.39 is 0 Å². The molecule has 0 bridgehead atoms. The van der Waals surface area contributed by atoms with Gasteiger partial charge in [0.25, 0.3) is 5.91 Å². The van der Waals surface area contributed by atoms with Gasteiger partial charge < -0.3 is 10.2 Å². The molecular formula is C19H22FN2O2+. The first kappa shape index (κ1) is 17.8. The Hall–Kier alpha value is -2.53. The lowest BCUT2D eigenvalue weighted by Crippen LogP contribution is -3.12. The van der Waals surface area contributed by atoms with E-state index in [2.05, 4.69) is 5.32 Å². The number of quaternary nitrogens is 1. The summed E-state index contributed by atoms with van der Waals surface area (Å²) in [5, 5.41) is 2.85. The summed E-state index contributed by atoms with van der Waals surface area (Å²) in [6.45, 7) is 3.97. The summed E-state index contributed by atoms with van der Waals surface area (Å²) < 4.78 is 12.9. The number of hydrogen-bond donors (Lipinski definition) is 2. The molecule has 1 unspecified atom stereocenters. The Labute approximate surface area is 141 Å². The van der Waals surface area contributed by atoms with Crippen LogP contribution in [0.5, 0.6) is 0 Å². The van der Waals surface area contributed by atoms with Gasteiger partial charge in [-0.25, -0.2) is 4.39 Å². The Balaban J connectivity index is 1.95. The number of hydrogen-bond acceptors (Lipinski definition) is 2. The molecule has 2 aromatic rings. The molecule has 0 saturated carbocycles. The zero-order chi connectivity index (χ0) is 17.7. The van der Waals surface area contributed by atoms with E-state index in [1.165, 1.54) is 19.1 Å². The minimum absolute atomic E-state index is 0.00952. The highest BCUT2D eigenvalue weighted by atomic mass is 19.1. The first-order valence-electron chi connectivity index (χ1n) is 7.85. The molecule has 0 saturated heterocycles. The minimum atomic E-state index is -0.275. The predicted molar refractivity (Wildman–Crippen MR) is 91.5 cm³/mol. The summed E-state index contributed by atoms with van der Waals surface area (Å²) in [6.07, 6.45) is 0. The zero-order valence-electron chi connectivity index (χ0n) is 14.1. The number of Topliss-reactive ketones (excluding diaryl/α,β-unsaturated/α-hetero) is 1. The van der Waals surface area contributed by atoms with Crippen LogP contribution in [0, 0.1) is 5.82 Å². The minimum Gasteiger partial charge on any atom is -0.324 e. The second kappa shape index (κ2) is 7.84. The quantitative estimate of drug-likeness (QED) is 0.797. The SMILES string of the molecule is CC(=O)c1ccc(NC(=O)[C@@H](C)[NH+](C)Cc2ccc(F)cc2)cc1. The van der Waals surface area contributed by atoms with Crippen LogP contribution in [0.25, 0.3) is 0 Å². The summed E-state index contributed by atoms with van der Waals surface area (Å²) >= 11 is 0. The second-order valence-electron chi connectivity index (χ2n) is 5.99. The van der Waals surface area contributed by atoms with Crippen molar-refractivity contribution in [3.63, 3.8) is 0 Å². The van der Waals surface area contributed by atoms with Crippen molar-refractivity contribution in [1.82, 2.24) is 0 Å². The Bertz CT molecular complexity index is 711. The molecule has 0 radical (unpaired) electrons. The van der Waals surface area contributed by atoms with Gasteiger partial charge in [-0.05, 0) is 50.2 Å². The van der Waals surface area contributed by atoms with Gasteiger partial charge in [-0.1, -0.05) is 12.1 Å². The van der Waals surface area contributed by atoms with Crippen molar-refractivity contribution in [2.75, 3.05) is 12.4 Å². The van der Waals surface area contributed by atoms with Crippen molar-refractivity contribution >= 4 is 17.4 Å². The molecule has 5 heteroatoms. The number of ketones is 1. The van der Waals surface area contributed by atoms with Gasteiger partial charge in [0.2, 0.25) is 0 Å². The first-order chi connectivity index (χ1) is 11.4. The number of halogens is 1.